The molecule has 1 heterocycles. The Morgan fingerprint density at radius 3 is 2.43 bits per heavy atom. The highest BCUT2D eigenvalue weighted by Gasteiger charge is 2.15. The largest absolute Gasteiger partial charge is 0.469 e. The van der Waals surface area contributed by atoms with E-state index in [1.165, 1.54) is 7.11 Å². The van der Waals surface area contributed by atoms with Crippen molar-refractivity contribution in [2.24, 2.45) is 0 Å². The van der Waals surface area contributed by atoms with Crippen molar-refractivity contribution in [2.45, 2.75) is 39.5 Å². The van der Waals surface area contributed by atoms with Crippen LogP contribution in [0.1, 0.15) is 38.1 Å². The third kappa shape index (κ3) is 5.62. The van der Waals surface area contributed by atoms with Crippen molar-refractivity contribution in [2.75, 3.05) is 17.6 Å². The molecular formula is C12H20N4O4S. The van der Waals surface area contributed by atoms with Gasteiger partial charge in [0.1, 0.15) is 0 Å². The highest BCUT2D eigenvalue weighted by atomic mass is 32.2. The minimum absolute atomic E-state index is 0.0397. The van der Waals surface area contributed by atoms with Crippen molar-refractivity contribution < 1.29 is 17.9 Å². The Balaban J connectivity index is 2.68. The Hall–Kier alpha value is -1.77. The molecule has 0 radical (unpaired) electrons. The zero-order chi connectivity index (χ0) is 15.9. The molecule has 0 atom stereocenters. The third-order valence-corrected chi connectivity index (χ3v) is 4.10. The summed E-state index contributed by atoms with van der Waals surface area (Å²) in [5, 5.41) is 7.72. The molecule has 1 aromatic heterocycles. The van der Waals surface area contributed by atoms with E-state index in [0.29, 0.717) is 12.8 Å². The fourth-order valence-corrected chi connectivity index (χ4v) is 2.67. The zero-order valence-corrected chi connectivity index (χ0v) is 13.2. The predicted octanol–water partition coefficient (Wildman–Crippen LogP) is 0.691. The van der Waals surface area contributed by atoms with Gasteiger partial charge in [-0.1, -0.05) is 13.8 Å². The van der Waals surface area contributed by atoms with Gasteiger partial charge < -0.3 is 4.74 Å². The van der Waals surface area contributed by atoms with Gasteiger partial charge in [-0.2, -0.15) is 0 Å². The van der Waals surface area contributed by atoms with Gasteiger partial charge in [0.05, 0.1) is 24.3 Å². The third-order valence-electron chi connectivity index (χ3n) is 2.78. The number of hydrogen-bond acceptors (Lipinski definition) is 7. The van der Waals surface area contributed by atoms with Crippen LogP contribution in [0.4, 0.5) is 5.95 Å². The van der Waals surface area contributed by atoms with E-state index in [0.717, 1.165) is 11.4 Å². The molecule has 0 aromatic carbocycles. The van der Waals surface area contributed by atoms with Gasteiger partial charge in [-0.05, 0) is 19.3 Å². The van der Waals surface area contributed by atoms with E-state index < -0.39 is 16.0 Å². The molecule has 0 bridgehead atoms. The van der Waals surface area contributed by atoms with Crippen LogP contribution in [0.5, 0.6) is 0 Å². The molecule has 118 valence electrons. The van der Waals surface area contributed by atoms with Gasteiger partial charge in [0.25, 0.3) is 5.95 Å². The van der Waals surface area contributed by atoms with E-state index in [2.05, 4.69) is 24.6 Å². The lowest BCUT2D eigenvalue weighted by molar-refractivity contribution is -0.140. The minimum atomic E-state index is -3.61. The maximum atomic E-state index is 11.9. The summed E-state index contributed by atoms with van der Waals surface area (Å²) in [5.41, 5.74) is 1.48. The van der Waals surface area contributed by atoms with Crippen LogP contribution in [0.3, 0.4) is 0 Å². The maximum absolute atomic E-state index is 11.9. The molecule has 21 heavy (non-hydrogen) atoms. The lowest BCUT2D eigenvalue weighted by atomic mass is 10.2. The second-order valence-electron chi connectivity index (χ2n) is 4.34. The summed E-state index contributed by atoms with van der Waals surface area (Å²) in [7, 11) is -2.35. The number of rotatable bonds is 8. The topological polar surface area (TPSA) is 111 Å². The summed E-state index contributed by atoms with van der Waals surface area (Å²) >= 11 is 0. The second-order valence-corrected chi connectivity index (χ2v) is 6.18. The molecule has 1 N–H and O–H groups in total. The van der Waals surface area contributed by atoms with Gasteiger partial charge in [-0.25, -0.2) is 18.1 Å². The fraction of sp³-hybridized carbons (Fsp3) is 0.667. The summed E-state index contributed by atoms with van der Waals surface area (Å²) in [5.74, 6) is -0.687. The molecule has 0 aliphatic heterocycles. The molecule has 0 saturated carbocycles. The Kier molecular flexibility index (Phi) is 6.47. The summed E-state index contributed by atoms with van der Waals surface area (Å²) in [4.78, 5) is 15.1. The molecule has 1 rings (SSSR count). The smallest absolute Gasteiger partial charge is 0.305 e. The number of nitrogens with zero attached hydrogens (tertiary/aromatic N) is 3. The summed E-state index contributed by atoms with van der Waals surface area (Å²) in [6.45, 7) is 3.85. The number of hydrogen-bond donors (Lipinski definition) is 1. The van der Waals surface area contributed by atoms with Crippen LogP contribution < -0.4 is 4.72 Å². The number of anilines is 1. The lowest BCUT2D eigenvalue weighted by Gasteiger charge is -2.08. The normalized spacial score (nSPS) is 11.2. The first-order chi connectivity index (χ1) is 9.91. The first kappa shape index (κ1) is 17.3. The van der Waals surface area contributed by atoms with Crippen LogP contribution in [0.15, 0.2) is 0 Å². The Labute approximate surface area is 124 Å². The number of aryl methyl sites for hydroxylation is 2. The summed E-state index contributed by atoms with van der Waals surface area (Å²) in [6, 6.07) is 0. The SMILES string of the molecule is CCc1nnc(NS(=O)(=O)CCCC(=O)OC)nc1CC. The highest BCUT2D eigenvalue weighted by molar-refractivity contribution is 7.92. The molecule has 0 aliphatic rings. The predicted molar refractivity (Wildman–Crippen MR) is 77.2 cm³/mol. The Morgan fingerprint density at radius 1 is 1.19 bits per heavy atom. The van der Waals surface area contributed by atoms with Gasteiger partial charge in [-0.3, -0.25) is 4.79 Å². The average molecular weight is 316 g/mol. The number of carbonyl (C=O) groups excluding carboxylic acids is 1. The first-order valence-corrected chi connectivity index (χ1v) is 8.36. The van der Waals surface area contributed by atoms with Crippen molar-refractivity contribution in [3.8, 4) is 0 Å². The van der Waals surface area contributed by atoms with E-state index in [1.807, 2.05) is 13.8 Å². The quantitative estimate of drug-likeness (QED) is 0.702. The van der Waals surface area contributed by atoms with Crippen LogP contribution >= 0.6 is 0 Å². The van der Waals surface area contributed by atoms with Crippen LogP contribution in [0, 0.1) is 0 Å². The van der Waals surface area contributed by atoms with E-state index in [-0.39, 0.29) is 24.5 Å². The molecule has 9 heteroatoms. The molecule has 1 aromatic rings. The van der Waals surface area contributed by atoms with Crippen LogP contribution in [-0.2, 0) is 32.4 Å². The molecule has 0 fully saturated rings. The molecule has 8 nitrogen and oxygen atoms in total. The Morgan fingerprint density at radius 2 is 1.86 bits per heavy atom. The molecule has 0 aliphatic carbocycles. The standard InChI is InChI=1S/C12H20N4O4S/c1-4-9-10(5-2)14-15-12(13-9)16-21(18,19)8-6-7-11(17)20-3/h4-8H2,1-3H3,(H,13,15,16). The Bertz CT molecular complexity index is 589. The van der Waals surface area contributed by atoms with Crippen molar-refractivity contribution in [1.82, 2.24) is 15.2 Å². The number of ether oxygens (including phenoxy) is 1. The van der Waals surface area contributed by atoms with Crippen LogP contribution in [0.25, 0.3) is 0 Å². The summed E-state index contributed by atoms with van der Waals surface area (Å²) < 4.78 is 30.4. The van der Waals surface area contributed by atoms with Gasteiger partial charge in [-0.15, -0.1) is 10.2 Å². The van der Waals surface area contributed by atoms with Crippen molar-refractivity contribution >= 4 is 21.9 Å². The van der Waals surface area contributed by atoms with Gasteiger partial charge in [0, 0.05) is 6.42 Å². The van der Waals surface area contributed by atoms with E-state index in [4.69, 9.17) is 0 Å². The molecule has 0 saturated heterocycles. The number of methoxy groups -OCH3 is 1. The van der Waals surface area contributed by atoms with Crippen molar-refractivity contribution in [3.63, 3.8) is 0 Å². The van der Waals surface area contributed by atoms with Crippen molar-refractivity contribution in [1.29, 1.82) is 0 Å². The fourth-order valence-electron chi connectivity index (χ4n) is 1.68. The monoisotopic (exact) mass is 316 g/mol. The van der Waals surface area contributed by atoms with Crippen LogP contribution in [0.2, 0.25) is 0 Å². The minimum Gasteiger partial charge on any atom is -0.469 e. The number of nitrogens with one attached hydrogen (secondary N) is 1. The van der Waals surface area contributed by atoms with Gasteiger partial charge >= 0.3 is 5.97 Å². The van der Waals surface area contributed by atoms with Crippen molar-refractivity contribution in [3.05, 3.63) is 11.4 Å². The van der Waals surface area contributed by atoms with Crippen LogP contribution in [-0.4, -0.2) is 42.4 Å². The van der Waals surface area contributed by atoms with Gasteiger partial charge in [0.15, 0.2) is 0 Å². The zero-order valence-electron chi connectivity index (χ0n) is 12.4. The van der Waals surface area contributed by atoms with E-state index >= 15 is 0 Å². The summed E-state index contributed by atoms with van der Waals surface area (Å²) in [6.07, 6.45) is 1.56. The van der Waals surface area contributed by atoms with E-state index in [9.17, 15) is 13.2 Å². The highest BCUT2D eigenvalue weighted by Crippen LogP contribution is 2.09. The molecule has 0 unspecified atom stereocenters. The number of sulfonamides is 1. The maximum Gasteiger partial charge on any atom is 0.305 e. The van der Waals surface area contributed by atoms with Gasteiger partial charge in [0.2, 0.25) is 10.0 Å². The number of esters is 1. The first-order valence-electron chi connectivity index (χ1n) is 6.71. The molecular weight excluding hydrogens is 296 g/mol. The average Bonchev–Trinajstić information content (AvgIpc) is 2.46. The second kappa shape index (κ2) is 7.87. The lowest BCUT2D eigenvalue weighted by Crippen LogP contribution is -2.20. The molecule has 0 amide bonds. The molecule has 0 spiro atoms. The number of carbonyl (C=O) groups is 1. The number of aromatic nitrogens is 3. The van der Waals surface area contributed by atoms with E-state index in [1.54, 1.807) is 0 Å².